The number of nitrogens with one attached hydrogen (secondary N) is 1. The molecule has 0 bridgehead atoms. The molecule has 0 fully saturated rings. The smallest absolute Gasteiger partial charge is 0.258 e. The highest BCUT2D eigenvalue weighted by Gasteiger charge is 2.21. The number of fused-ring (bicyclic) bond motifs is 1. The van der Waals surface area contributed by atoms with Gasteiger partial charge in [-0.3, -0.25) is 9.59 Å². The van der Waals surface area contributed by atoms with Crippen molar-refractivity contribution in [2.24, 2.45) is 0 Å². The van der Waals surface area contributed by atoms with Crippen molar-refractivity contribution < 1.29 is 9.53 Å². The van der Waals surface area contributed by atoms with Crippen LogP contribution in [0.15, 0.2) is 35.4 Å². The summed E-state index contributed by atoms with van der Waals surface area (Å²) in [6, 6.07) is 4.96. The van der Waals surface area contributed by atoms with E-state index >= 15 is 0 Å². The zero-order chi connectivity index (χ0) is 14.7. The number of hydrogen-bond donors (Lipinski definition) is 1. The first-order valence-corrected chi connectivity index (χ1v) is 6.88. The maximum atomic E-state index is 12.1. The Morgan fingerprint density at radius 3 is 3.19 bits per heavy atom. The molecule has 21 heavy (non-hydrogen) atoms. The summed E-state index contributed by atoms with van der Waals surface area (Å²) in [4.78, 5) is 23.7. The third kappa shape index (κ3) is 2.81. The highest BCUT2D eigenvalue weighted by atomic mass is 16.5. The topological polar surface area (TPSA) is 78.2 Å². The van der Waals surface area contributed by atoms with Crippen molar-refractivity contribution in [2.75, 3.05) is 13.2 Å². The Balaban J connectivity index is 1.61. The van der Waals surface area contributed by atoms with Crippen LogP contribution in [0.3, 0.4) is 0 Å². The van der Waals surface area contributed by atoms with Crippen molar-refractivity contribution in [2.45, 2.75) is 19.5 Å². The van der Waals surface area contributed by atoms with Gasteiger partial charge < -0.3 is 14.6 Å². The molecule has 2 aromatic heterocycles. The molecule has 7 heteroatoms. The van der Waals surface area contributed by atoms with E-state index in [2.05, 4.69) is 10.4 Å². The fourth-order valence-electron chi connectivity index (χ4n) is 2.26. The second-order valence-electron chi connectivity index (χ2n) is 4.78. The minimum absolute atomic E-state index is 0.0852. The number of aryl methyl sites for hydroxylation is 1. The molecule has 3 heterocycles. The number of rotatable bonds is 4. The largest absolute Gasteiger partial charge is 0.477 e. The lowest BCUT2D eigenvalue weighted by Gasteiger charge is -2.15. The third-order valence-electron chi connectivity index (χ3n) is 3.33. The van der Waals surface area contributed by atoms with E-state index in [1.54, 1.807) is 27.6 Å². The molecule has 0 spiro atoms. The second kappa shape index (κ2) is 5.82. The zero-order valence-corrected chi connectivity index (χ0v) is 11.5. The Labute approximate surface area is 121 Å². The molecule has 1 aliphatic rings. The molecule has 0 saturated carbocycles. The Kier molecular flexibility index (Phi) is 3.72. The molecule has 3 rings (SSSR count). The lowest BCUT2D eigenvalue weighted by molar-refractivity contribution is 0.0945. The lowest BCUT2D eigenvalue weighted by Crippen LogP contribution is -2.30. The van der Waals surface area contributed by atoms with Gasteiger partial charge in [0.15, 0.2) is 0 Å². The molecule has 0 unspecified atom stereocenters. The molecular formula is C14H16N4O3. The second-order valence-corrected chi connectivity index (χ2v) is 4.78. The summed E-state index contributed by atoms with van der Waals surface area (Å²) >= 11 is 0. The van der Waals surface area contributed by atoms with Crippen molar-refractivity contribution in [1.82, 2.24) is 19.7 Å². The fraction of sp³-hybridized carbons (Fsp3) is 0.357. The normalized spacial score (nSPS) is 13.3. The number of amides is 1. The van der Waals surface area contributed by atoms with Crippen LogP contribution < -0.4 is 15.6 Å². The van der Waals surface area contributed by atoms with E-state index in [1.807, 2.05) is 0 Å². The summed E-state index contributed by atoms with van der Waals surface area (Å²) in [5.41, 5.74) is 0.355. The summed E-state index contributed by atoms with van der Waals surface area (Å²) < 4.78 is 8.72. The molecule has 1 N–H and O–H groups in total. The molecular weight excluding hydrogens is 272 g/mol. The number of carbonyl (C=O) groups is 1. The van der Waals surface area contributed by atoms with E-state index in [0.29, 0.717) is 31.1 Å². The Morgan fingerprint density at radius 2 is 2.33 bits per heavy atom. The van der Waals surface area contributed by atoms with Crippen LogP contribution in [-0.4, -0.2) is 33.4 Å². The van der Waals surface area contributed by atoms with Gasteiger partial charge >= 0.3 is 0 Å². The molecule has 0 aliphatic carbocycles. The van der Waals surface area contributed by atoms with Gasteiger partial charge in [0.25, 0.3) is 11.5 Å². The van der Waals surface area contributed by atoms with Crippen molar-refractivity contribution in [3.63, 3.8) is 0 Å². The number of ether oxygens (including phenoxy) is 1. The van der Waals surface area contributed by atoms with Crippen LogP contribution in [0.1, 0.15) is 16.8 Å². The number of hydrogen-bond acceptors (Lipinski definition) is 4. The summed E-state index contributed by atoms with van der Waals surface area (Å²) in [7, 11) is 0. The van der Waals surface area contributed by atoms with Gasteiger partial charge in [0.2, 0.25) is 5.88 Å². The zero-order valence-electron chi connectivity index (χ0n) is 11.5. The van der Waals surface area contributed by atoms with Gasteiger partial charge in [-0.2, -0.15) is 5.10 Å². The van der Waals surface area contributed by atoms with Crippen LogP contribution in [0.25, 0.3) is 0 Å². The maximum absolute atomic E-state index is 12.1. The average molecular weight is 288 g/mol. The Bertz CT molecular complexity index is 704. The number of nitrogens with zero attached hydrogens (tertiary/aromatic N) is 3. The minimum atomic E-state index is -0.234. The summed E-state index contributed by atoms with van der Waals surface area (Å²) in [6.07, 6.45) is 4.11. The first-order chi connectivity index (χ1) is 10.3. The number of pyridine rings is 1. The molecule has 7 nitrogen and oxygen atoms in total. The fourth-order valence-corrected chi connectivity index (χ4v) is 2.26. The quantitative estimate of drug-likeness (QED) is 0.875. The third-order valence-corrected chi connectivity index (χ3v) is 3.33. The molecule has 0 saturated heterocycles. The van der Waals surface area contributed by atoms with Crippen LogP contribution in [0.2, 0.25) is 0 Å². The lowest BCUT2D eigenvalue weighted by atomic mass is 10.3. The molecule has 110 valence electrons. The molecule has 1 aliphatic heterocycles. The van der Waals surface area contributed by atoms with Gasteiger partial charge in [-0.1, -0.05) is 6.07 Å². The Hall–Kier alpha value is -2.57. The highest BCUT2D eigenvalue weighted by Crippen LogP contribution is 2.21. The Morgan fingerprint density at radius 1 is 1.43 bits per heavy atom. The van der Waals surface area contributed by atoms with Crippen LogP contribution in [0.4, 0.5) is 0 Å². The molecule has 0 aromatic carbocycles. The summed E-state index contributed by atoms with van der Waals surface area (Å²) in [6.45, 7) is 2.16. The van der Waals surface area contributed by atoms with Crippen LogP contribution in [0, 0.1) is 0 Å². The predicted molar refractivity (Wildman–Crippen MR) is 75.4 cm³/mol. The van der Waals surface area contributed by atoms with Gasteiger partial charge in [-0.25, -0.2) is 4.68 Å². The van der Waals surface area contributed by atoms with Crippen LogP contribution in [0.5, 0.6) is 5.88 Å². The van der Waals surface area contributed by atoms with E-state index in [-0.39, 0.29) is 11.5 Å². The van der Waals surface area contributed by atoms with Gasteiger partial charge in [0, 0.05) is 38.3 Å². The first kappa shape index (κ1) is 13.4. The predicted octanol–water partition coefficient (Wildman–Crippen LogP) is 0.257. The average Bonchev–Trinajstić information content (AvgIpc) is 2.93. The maximum Gasteiger partial charge on any atom is 0.258 e. The minimum Gasteiger partial charge on any atom is -0.477 e. The van der Waals surface area contributed by atoms with E-state index in [9.17, 15) is 9.59 Å². The standard InChI is InChI=1S/C14H16N4O3/c19-12-4-1-2-6-17(12)8-5-15-13(20)11-10-16-18-7-3-9-21-14(11)18/h1-2,4,6,10H,3,5,7-9H2,(H,15,20). The van der Waals surface area contributed by atoms with Gasteiger partial charge in [0.05, 0.1) is 12.8 Å². The van der Waals surface area contributed by atoms with Gasteiger partial charge in [-0.15, -0.1) is 0 Å². The first-order valence-electron chi connectivity index (χ1n) is 6.88. The van der Waals surface area contributed by atoms with Crippen molar-refractivity contribution in [1.29, 1.82) is 0 Å². The van der Waals surface area contributed by atoms with E-state index < -0.39 is 0 Å². The molecule has 1 amide bonds. The molecule has 0 atom stereocenters. The van der Waals surface area contributed by atoms with Gasteiger partial charge in [0.1, 0.15) is 5.56 Å². The number of carbonyl (C=O) groups excluding carboxylic acids is 1. The summed E-state index contributed by atoms with van der Waals surface area (Å²) in [5.74, 6) is 0.290. The van der Waals surface area contributed by atoms with E-state index in [0.717, 1.165) is 13.0 Å². The highest BCUT2D eigenvalue weighted by molar-refractivity contribution is 5.96. The van der Waals surface area contributed by atoms with E-state index in [1.165, 1.54) is 12.3 Å². The van der Waals surface area contributed by atoms with Crippen LogP contribution >= 0.6 is 0 Å². The molecule has 2 aromatic rings. The SMILES string of the molecule is O=C(NCCn1ccccc1=O)c1cnn2c1OCCC2. The van der Waals surface area contributed by atoms with Crippen molar-refractivity contribution in [3.8, 4) is 5.88 Å². The monoisotopic (exact) mass is 288 g/mol. The molecule has 0 radical (unpaired) electrons. The van der Waals surface area contributed by atoms with E-state index in [4.69, 9.17) is 4.74 Å². The van der Waals surface area contributed by atoms with Crippen molar-refractivity contribution >= 4 is 5.91 Å². The summed E-state index contributed by atoms with van der Waals surface area (Å²) in [5, 5.41) is 6.91. The number of aromatic nitrogens is 3. The van der Waals surface area contributed by atoms with Crippen molar-refractivity contribution in [3.05, 3.63) is 46.5 Å². The van der Waals surface area contributed by atoms with Gasteiger partial charge in [-0.05, 0) is 6.07 Å². The van der Waals surface area contributed by atoms with Crippen LogP contribution in [-0.2, 0) is 13.1 Å².